The minimum absolute atomic E-state index is 0.0943. The predicted octanol–water partition coefficient (Wildman–Crippen LogP) is 2.62. The van der Waals surface area contributed by atoms with Crippen LogP contribution >= 0.6 is 0 Å². The highest BCUT2D eigenvalue weighted by Gasteiger charge is 2.23. The highest BCUT2D eigenvalue weighted by molar-refractivity contribution is 5.92. The van der Waals surface area contributed by atoms with Crippen LogP contribution in [-0.2, 0) is 24.4 Å². The van der Waals surface area contributed by atoms with Crippen LogP contribution in [0, 0.1) is 13.8 Å². The maximum atomic E-state index is 12.7. The Bertz CT molecular complexity index is 1420. The molecule has 1 fully saturated rings. The van der Waals surface area contributed by atoms with Gasteiger partial charge >= 0.3 is 0 Å². The topological polar surface area (TPSA) is 146 Å². The first-order valence-corrected chi connectivity index (χ1v) is 14.9. The van der Waals surface area contributed by atoms with Crippen molar-refractivity contribution >= 4 is 17.6 Å². The van der Waals surface area contributed by atoms with Gasteiger partial charge in [0.25, 0.3) is 5.91 Å². The maximum Gasteiger partial charge on any atom is 0.270 e. The van der Waals surface area contributed by atoms with Crippen LogP contribution in [0.1, 0.15) is 64.6 Å². The van der Waals surface area contributed by atoms with Gasteiger partial charge in [0, 0.05) is 58.3 Å². The van der Waals surface area contributed by atoms with Crippen LogP contribution in [0.3, 0.4) is 0 Å². The number of anilines is 1. The molecule has 230 valence electrons. The number of hydrogen-bond donors (Lipinski definition) is 3. The van der Waals surface area contributed by atoms with E-state index in [0.29, 0.717) is 45.0 Å². The highest BCUT2D eigenvalue weighted by Crippen LogP contribution is 2.30. The van der Waals surface area contributed by atoms with E-state index >= 15 is 0 Å². The molecule has 3 aromatic rings. The molecule has 2 aliphatic rings. The lowest BCUT2D eigenvalue weighted by Gasteiger charge is -2.32. The number of hydrogen-bond acceptors (Lipinski definition) is 10. The second kappa shape index (κ2) is 14.0. The molecule has 0 saturated carbocycles. The van der Waals surface area contributed by atoms with Gasteiger partial charge in [0.15, 0.2) is 0 Å². The molecule has 0 aliphatic carbocycles. The van der Waals surface area contributed by atoms with Gasteiger partial charge in [0.05, 0.1) is 17.4 Å². The van der Waals surface area contributed by atoms with Gasteiger partial charge in [-0.05, 0) is 62.3 Å². The Morgan fingerprint density at radius 1 is 1.19 bits per heavy atom. The van der Waals surface area contributed by atoms with Crippen molar-refractivity contribution in [2.24, 2.45) is 0 Å². The van der Waals surface area contributed by atoms with E-state index in [1.165, 1.54) is 17.5 Å². The fourth-order valence-corrected chi connectivity index (χ4v) is 5.74. The number of β-amino-alcohol motifs (C(OH)–C–C–N with tert-alkyl or cyclic N) is 1. The van der Waals surface area contributed by atoms with Crippen LogP contribution in [0.25, 0.3) is 0 Å². The predicted molar refractivity (Wildman–Crippen MR) is 160 cm³/mol. The second-order valence-electron chi connectivity index (χ2n) is 11.4. The minimum atomic E-state index is -0.569. The number of likely N-dealkylation sites (tertiary alicyclic amines) is 1. The van der Waals surface area contributed by atoms with Crippen molar-refractivity contribution in [2.45, 2.75) is 71.8 Å². The average Bonchev–Trinajstić information content (AvgIpc) is 3.41. The molecule has 43 heavy (non-hydrogen) atoms. The number of ether oxygens (including phenoxy) is 1. The first-order chi connectivity index (χ1) is 20.8. The fraction of sp³-hybridized carbons (Fsp3) is 0.516. The number of benzene rings is 1. The van der Waals surface area contributed by atoms with Gasteiger partial charge in [0.1, 0.15) is 36.5 Å². The number of aromatic nitrogens is 3. The number of nitrogens with one attached hydrogen (secondary N) is 2. The molecule has 1 aromatic carbocycles. The summed E-state index contributed by atoms with van der Waals surface area (Å²) in [6.45, 7) is 9.89. The molecule has 3 N–H and O–H groups in total. The number of aliphatic hydroxyl groups excluding tert-OH is 1. The van der Waals surface area contributed by atoms with Crippen molar-refractivity contribution in [2.75, 3.05) is 38.0 Å². The van der Waals surface area contributed by atoms with Gasteiger partial charge in [-0.1, -0.05) is 11.2 Å². The van der Waals surface area contributed by atoms with E-state index in [4.69, 9.17) is 9.26 Å². The Balaban J connectivity index is 1.04. The molecule has 2 aromatic heterocycles. The summed E-state index contributed by atoms with van der Waals surface area (Å²) < 4.78 is 11.1. The van der Waals surface area contributed by atoms with Gasteiger partial charge in [-0.3, -0.25) is 14.5 Å². The van der Waals surface area contributed by atoms with Crippen molar-refractivity contribution in [3.8, 4) is 5.75 Å². The van der Waals surface area contributed by atoms with E-state index in [9.17, 15) is 14.7 Å². The summed E-state index contributed by atoms with van der Waals surface area (Å²) in [4.78, 5) is 36.7. The van der Waals surface area contributed by atoms with Gasteiger partial charge in [-0.15, -0.1) is 0 Å². The van der Waals surface area contributed by atoms with Crippen LogP contribution in [0.15, 0.2) is 35.3 Å². The molecule has 12 nitrogen and oxygen atoms in total. The molecule has 1 atom stereocenters. The lowest BCUT2D eigenvalue weighted by atomic mass is 9.94. The largest absolute Gasteiger partial charge is 0.488 e. The third-order valence-electron chi connectivity index (χ3n) is 8.37. The number of carbonyl (C=O) groups excluding carboxylic acids is 2. The number of amides is 2. The fourth-order valence-electron chi connectivity index (χ4n) is 5.74. The number of nitrogens with zero attached hydrogens (tertiary/aromatic N) is 5. The first kappa shape index (κ1) is 30.4. The smallest absolute Gasteiger partial charge is 0.270 e. The molecule has 0 bridgehead atoms. The summed E-state index contributed by atoms with van der Waals surface area (Å²) in [6.07, 6.45) is 5.39. The molecule has 0 unspecified atom stereocenters. The van der Waals surface area contributed by atoms with Crippen molar-refractivity contribution < 1.29 is 24.0 Å². The summed E-state index contributed by atoms with van der Waals surface area (Å²) >= 11 is 0. The Morgan fingerprint density at radius 3 is 2.74 bits per heavy atom. The van der Waals surface area contributed by atoms with Crippen molar-refractivity contribution in [3.63, 3.8) is 0 Å². The molecule has 12 heteroatoms. The number of aliphatic hydroxyl groups is 1. The lowest BCUT2D eigenvalue weighted by molar-refractivity contribution is -0.129. The summed E-state index contributed by atoms with van der Waals surface area (Å²) in [7, 11) is 0. The lowest BCUT2D eigenvalue weighted by Crippen LogP contribution is -2.41. The van der Waals surface area contributed by atoms with Crippen LogP contribution < -0.4 is 15.4 Å². The molecule has 0 spiro atoms. The van der Waals surface area contributed by atoms with Crippen molar-refractivity contribution in [1.82, 2.24) is 30.2 Å². The van der Waals surface area contributed by atoms with E-state index in [-0.39, 0.29) is 23.6 Å². The van der Waals surface area contributed by atoms with Gasteiger partial charge in [0.2, 0.25) is 5.91 Å². The molecular formula is C31H41N7O5. The van der Waals surface area contributed by atoms with E-state index in [2.05, 4.69) is 43.6 Å². The monoisotopic (exact) mass is 591 g/mol. The molecule has 2 amide bonds. The maximum absolute atomic E-state index is 12.7. The van der Waals surface area contributed by atoms with E-state index < -0.39 is 6.10 Å². The molecule has 0 radical (unpaired) electrons. The summed E-state index contributed by atoms with van der Waals surface area (Å²) in [6, 6.07) is 5.95. The van der Waals surface area contributed by atoms with Crippen molar-refractivity contribution in [1.29, 1.82) is 0 Å². The van der Waals surface area contributed by atoms with E-state index in [1.807, 2.05) is 17.9 Å². The normalized spacial score (nSPS) is 16.4. The number of fused-ring (bicyclic) bond motifs is 1. The van der Waals surface area contributed by atoms with Gasteiger partial charge in [-0.25, -0.2) is 9.97 Å². The van der Waals surface area contributed by atoms with Gasteiger partial charge in [-0.2, -0.15) is 0 Å². The van der Waals surface area contributed by atoms with Crippen LogP contribution in [0.2, 0.25) is 0 Å². The second-order valence-corrected chi connectivity index (χ2v) is 11.4. The quantitative estimate of drug-likeness (QED) is 0.304. The number of piperidine rings is 1. The number of aryl methyl sites for hydroxylation is 1. The van der Waals surface area contributed by atoms with Crippen LogP contribution in [-0.4, -0.2) is 86.7 Å². The molecule has 4 heterocycles. The Labute approximate surface area is 251 Å². The zero-order valence-electron chi connectivity index (χ0n) is 25.1. The Hall–Kier alpha value is -4.03. The van der Waals surface area contributed by atoms with Gasteiger partial charge < -0.3 is 29.9 Å². The van der Waals surface area contributed by atoms with Crippen molar-refractivity contribution in [3.05, 3.63) is 64.4 Å². The molecule has 1 saturated heterocycles. The van der Waals surface area contributed by atoms with E-state index in [1.54, 1.807) is 19.3 Å². The third-order valence-corrected chi connectivity index (χ3v) is 8.37. The molecule has 2 aliphatic heterocycles. The first-order valence-electron chi connectivity index (χ1n) is 14.9. The summed E-state index contributed by atoms with van der Waals surface area (Å²) in [5.74, 6) is 1.25. The summed E-state index contributed by atoms with van der Waals surface area (Å²) in [5, 5.41) is 20.8. The standard InChI is InChI=1S/C31H41N7O5/c1-20-27-9-11-37(15-23(27)4-5-29(20)42-17-24-18-43-36-21(24)2)16-26(40)6-10-32-31(41)28-14-30(34-19-33-28)35-25-7-12-38(13-8-25)22(3)39/h4-5,14,18-19,25-26,40H,6-13,15-17H2,1-3H3,(H,32,41)(H,33,34,35)/t26-/m0/s1. The molecule has 5 rings (SSSR count). The zero-order chi connectivity index (χ0) is 30.3. The molecular weight excluding hydrogens is 550 g/mol. The van der Waals surface area contributed by atoms with Crippen LogP contribution in [0.5, 0.6) is 5.75 Å². The van der Waals surface area contributed by atoms with E-state index in [0.717, 1.165) is 54.9 Å². The van der Waals surface area contributed by atoms with Crippen LogP contribution in [0.4, 0.5) is 5.82 Å². The minimum Gasteiger partial charge on any atom is -0.488 e. The highest BCUT2D eigenvalue weighted by atomic mass is 16.5. The zero-order valence-corrected chi connectivity index (χ0v) is 25.1. The number of carbonyl (C=O) groups is 2. The summed E-state index contributed by atoms with van der Waals surface area (Å²) in [5.41, 5.74) is 5.74. The Morgan fingerprint density at radius 2 is 2.00 bits per heavy atom. The Kier molecular flexibility index (Phi) is 9.88. The number of rotatable bonds is 11. The average molecular weight is 592 g/mol. The SMILES string of the molecule is CC(=O)N1CCC(Nc2cc(C(=O)NCC[C@H](O)CN3CCc4c(ccc(OCc5conc5C)c4C)C3)ncn2)CC1. The third kappa shape index (κ3) is 7.88.